The van der Waals surface area contributed by atoms with Gasteiger partial charge in [-0.05, 0) is 38.0 Å². The van der Waals surface area contributed by atoms with Gasteiger partial charge in [-0.1, -0.05) is 42.5 Å². The normalized spacial score (nSPS) is 11.1. The van der Waals surface area contributed by atoms with Crippen LogP contribution in [0.2, 0.25) is 0 Å². The molecule has 0 aliphatic rings. The van der Waals surface area contributed by atoms with Gasteiger partial charge in [0.1, 0.15) is 6.54 Å². The smallest absolute Gasteiger partial charge is 0.273 e. The molecule has 2 aromatic carbocycles. The Bertz CT molecular complexity index is 1050. The van der Waals surface area contributed by atoms with E-state index in [0.717, 1.165) is 16.7 Å². The van der Waals surface area contributed by atoms with Crippen molar-refractivity contribution in [2.75, 3.05) is 6.54 Å². The predicted octanol–water partition coefficient (Wildman–Crippen LogP) is 2.17. The number of amides is 1. The van der Waals surface area contributed by atoms with Crippen molar-refractivity contribution in [3.63, 3.8) is 0 Å². The number of hydrogen-bond acceptors (Lipinski definition) is 3. The molecular formula is C21H23N3O3. The van der Waals surface area contributed by atoms with E-state index in [1.807, 2.05) is 44.2 Å². The first-order valence-electron chi connectivity index (χ1n) is 9.02. The maximum Gasteiger partial charge on any atom is 0.273 e. The summed E-state index contributed by atoms with van der Waals surface area (Å²) < 4.78 is 1.10. The fourth-order valence-corrected chi connectivity index (χ4v) is 3.15. The summed E-state index contributed by atoms with van der Waals surface area (Å²) >= 11 is 0. The quantitative estimate of drug-likeness (QED) is 0.727. The Labute approximate surface area is 157 Å². The molecule has 3 rings (SSSR count). The molecule has 0 aliphatic heterocycles. The Morgan fingerprint density at radius 1 is 1.00 bits per heavy atom. The van der Waals surface area contributed by atoms with Gasteiger partial charge in [0.25, 0.3) is 11.1 Å². The average Bonchev–Trinajstić information content (AvgIpc) is 2.66. The topological polar surface area (TPSA) is 75.2 Å². The molecule has 1 N–H and O–H groups in total. The molecular weight excluding hydrogens is 342 g/mol. The average molecular weight is 365 g/mol. The van der Waals surface area contributed by atoms with Gasteiger partial charge in [0.2, 0.25) is 5.91 Å². The van der Waals surface area contributed by atoms with Gasteiger partial charge in [-0.3, -0.25) is 19.5 Å². The van der Waals surface area contributed by atoms with Crippen LogP contribution in [-0.4, -0.2) is 33.2 Å². The Kier molecular flexibility index (Phi) is 5.54. The third kappa shape index (κ3) is 4.16. The summed E-state index contributed by atoms with van der Waals surface area (Å²) in [5, 5.41) is 3.16. The number of nitrogens with zero attached hydrogens (tertiary/aromatic N) is 2. The van der Waals surface area contributed by atoms with Crippen molar-refractivity contribution < 1.29 is 4.79 Å². The molecule has 6 nitrogen and oxygen atoms in total. The Hall–Kier alpha value is -3.15. The number of nitrogens with one attached hydrogen (secondary N) is 1. The minimum atomic E-state index is -0.376. The van der Waals surface area contributed by atoms with Crippen LogP contribution in [-0.2, 0) is 17.8 Å². The van der Waals surface area contributed by atoms with Crippen LogP contribution in [0.1, 0.15) is 19.4 Å². The van der Waals surface area contributed by atoms with Crippen LogP contribution in [0, 0.1) is 0 Å². The third-order valence-electron chi connectivity index (χ3n) is 4.61. The lowest BCUT2D eigenvalue weighted by Crippen LogP contribution is -2.43. The largest absolute Gasteiger partial charge is 0.338 e. The van der Waals surface area contributed by atoms with Crippen LogP contribution < -0.4 is 11.1 Å². The standard InChI is InChI=1S/C21H23N3O3/c1-15(2)23(13-12-16-8-4-3-5-9-16)19(25)14-24-21(27)18-11-7-6-10-17(18)20(26)22-24/h3-11,15H,12-14H2,1-2H3,(H,22,26). The van der Waals surface area contributed by atoms with Gasteiger partial charge in [-0.25, -0.2) is 4.68 Å². The van der Waals surface area contributed by atoms with E-state index < -0.39 is 0 Å². The number of carbonyl (C=O) groups is 1. The van der Waals surface area contributed by atoms with Crippen LogP contribution in [0.5, 0.6) is 0 Å². The third-order valence-corrected chi connectivity index (χ3v) is 4.61. The zero-order valence-electron chi connectivity index (χ0n) is 15.5. The van der Waals surface area contributed by atoms with Crippen molar-refractivity contribution in [2.24, 2.45) is 0 Å². The zero-order chi connectivity index (χ0) is 19.4. The summed E-state index contributed by atoms with van der Waals surface area (Å²) in [6.07, 6.45) is 0.730. The monoisotopic (exact) mass is 365 g/mol. The number of aromatic nitrogens is 2. The number of carbonyl (C=O) groups excluding carboxylic acids is 1. The van der Waals surface area contributed by atoms with Crippen molar-refractivity contribution in [1.29, 1.82) is 0 Å². The van der Waals surface area contributed by atoms with Crippen molar-refractivity contribution in [3.05, 3.63) is 80.9 Å². The van der Waals surface area contributed by atoms with E-state index in [4.69, 9.17) is 0 Å². The van der Waals surface area contributed by atoms with Crippen molar-refractivity contribution in [2.45, 2.75) is 32.9 Å². The van der Waals surface area contributed by atoms with Crippen molar-refractivity contribution >= 4 is 16.7 Å². The molecule has 27 heavy (non-hydrogen) atoms. The first-order chi connectivity index (χ1) is 13.0. The van der Waals surface area contributed by atoms with Gasteiger partial charge < -0.3 is 4.90 Å². The van der Waals surface area contributed by atoms with Gasteiger partial charge in [0.15, 0.2) is 0 Å². The van der Waals surface area contributed by atoms with Crippen LogP contribution in [0.25, 0.3) is 10.8 Å². The van der Waals surface area contributed by atoms with E-state index in [2.05, 4.69) is 5.10 Å². The lowest BCUT2D eigenvalue weighted by Gasteiger charge is -2.27. The number of benzene rings is 2. The summed E-state index contributed by atoms with van der Waals surface area (Å²) in [5.41, 5.74) is 0.399. The molecule has 0 saturated heterocycles. The minimum Gasteiger partial charge on any atom is -0.338 e. The Morgan fingerprint density at radius 3 is 2.30 bits per heavy atom. The van der Waals surface area contributed by atoms with E-state index in [1.165, 1.54) is 0 Å². The molecule has 0 bridgehead atoms. The second kappa shape index (κ2) is 8.03. The summed E-state index contributed by atoms with van der Waals surface area (Å²) in [4.78, 5) is 39.4. The van der Waals surface area contributed by atoms with E-state index >= 15 is 0 Å². The molecule has 1 heterocycles. The molecule has 1 aromatic heterocycles. The molecule has 0 saturated carbocycles. The molecule has 0 atom stereocenters. The predicted molar refractivity (Wildman–Crippen MR) is 106 cm³/mol. The number of H-pyrrole nitrogens is 1. The highest BCUT2D eigenvalue weighted by Crippen LogP contribution is 2.07. The first-order valence-corrected chi connectivity index (χ1v) is 9.02. The van der Waals surface area contributed by atoms with Crippen LogP contribution in [0.15, 0.2) is 64.2 Å². The maximum atomic E-state index is 12.8. The molecule has 0 unspecified atom stereocenters. The van der Waals surface area contributed by atoms with Crippen molar-refractivity contribution in [3.8, 4) is 0 Å². The zero-order valence-corrected chi connectivity index (χ0v) is 15.5. The molecule has 0 aliphatic carbocycles. The number of aromatic amines is 1. The number of rotatable bonds is 6. The van der Waals surface area contributed by atoms with E-state index in [-0.39, 0.29) is 29.6 Å². The summed E-state index contributed by atoms with van der Waals surface area (Å²) in [7, 11) is 0. The molecule has 0 fully saturated rings. The SMILES string of the molecule is CC(C)N(CCc1ccccc1)C(=O)Cn1[nH]c(=O)c2ccccc2c1=O. The van der Waals surface area contributed by atoms with Gasteiger partial charge in [-0.2, -0.15) is 0 Å². The number of fused-ring (bicyclic) bond motifs is 1. The second-order valence-electron chi connectivity index (χ2n) is 6.79. The molecule has 1 amide bonds. The van der Waals surface area contributed by atoms with Gasteiger partial charge in [0.05, 0.1) is 10.8 Å². The lowest BCUT2D eigenvalue weighted by atomic mass is 10.1. The van der Waals surface area contributed by atoms with Gasteiger partial charge in [-0.15, -0.1) is 0 Å². The molecule has 6 heteroatoms. The van der Waals surface area contributed by atoms with Gasteiger partial charge in [0, 0.05) is 12.6 Å². The fourth-order valence-electron chi connectivity index (χ4n) is 3.15. The van der Waals surface area contributed by atoms with E-state index in [1.54, 1.807) is 29.2 Å². The highest BCUT2D eigenvalue weighted by Gasteiger charge is 2.19. The summed E-state index contributed by atoms with van der Waals surface area (Å²) in [6, 6.07) is 16.5. The first kappa shape index (κ1) is 18.6. The molecule has 3 aromatic rings. The van der Waals surface area contributed by atoms with Crippen LogP contribution >= 0.6 is 0 Å². The molecule has 140 valence electrons. The van der Waals surface area contributed by atoms with Crippen LogP contribution in [0.4, 0.5) is 0 Å². The minimum absolute atomic E-state index is 0.0101. The number of hydrogen-bond donors (Lipinski definition) is 1. The molecule has 0 spiro atoms. The summed E-state index contributed by atoms with van der Waals surface area (Å²) in [6.45, 7) is 4.24. The Balaban J connectivity index is 1.82. The van der Waals surface area contributed by atoms with Crippen LogP contribution in [0.3, 0.4) is 0 Å². The summed E-state index contributed by atoms with van der Waals surface area (Å²) in [5.74, 6) is -0.200. The second-order valence-corrected chi connectivity index (χ2v) is 6.79. The van der Waals surface area contributed by atoms with Crippen molar-refractivity contribution in [1.82, 2.24) is 14.7 Å². The molecule has 0 radical (unpaired) electrons. The van der Waals surface area contributed by atoms with E-state index in [0.29, 0.717) is 17.3 Å². The van der Waals surface area contributed by atoms with E-state index in [9.17, 15) is 14.4 Å². The highest BCUT2D eigenvalue weighted by atomic mass is 16.2. The lowest BCUT2D eigenvalue weighted by molar-refractivity contribution is -0.133. The Morgan fingerprint density at radius 2 is 1.63 bits per heavy atom. The highest BCUT2D eigenvalue weighted by molar-refractivity contribution is 5.81. The maximum absolute atomic E-state index is 12.8. The van der Waals surface area contributed by atoms with Gasteiger partial charge >= 0.3 is 0 Å². The fraction of sp³-hybridized carbons (Fsp3) is 0.286.